The van der Waals surface area contributed by atoms with Crippen molar-refractivity contribution in [1.29, 1.82) is 0 Å². The number of benzene rings is 4. The molecule has 1 N–H and O–H groups in total. The van der Waals surface area contributed by atoms with Crippen molar-refractivity contribution in [3.8, 4) is 28.5 Å². The minimum atomic E-state index is -2.23. The first kappa shape index (κ1) is 34.4. The SMILES string of the molecule is CC(C)(C)c1ccnc(-n2c3ccccc3c3ccc(N4c5ccccc5C(C)(C)c5ccc(-c6cc(-c7c(F)c(F)c(F)c(F)c7F)n[nH]6)nc54)cc32)c1. The maximum absolute atomic E-state index is 14.8. The number of halogens is 5. The van der Waals surface area contributed by atoms with Gasteiger partial charge in [-0.05, 0) is 65.1 Å². The largest absolute Gasteiger partial charge is 0.294 e. The molecule has 6 nitrogen and oxygen atoms in total. The van der Waals surface area contributed by atoms with Crippen molar-refractivity contribution >= 4 is 39.0 Å². The summed E-state index contributed by atoms with van der Waals surface area (Å²) in [4.78, 5) is 12.0. The summed E-state index contributed by atoms with van der Waals surface area (Å²) in [7, 11) is 0. The summed E-state index contributed by atoms with van der Waals surface area (Å²) in [5, 5.41) is 8.77. The zero-order valence-electron chi connectivity index (χ0n) is 30.4. The molecule has 0 bridgehead atoms. The molecule has 0 fully saturated rings. The van der Waals surface area contributed by atoms with E-state index in [2.05, 4.69) is 96.7 Å². The first-order valence-corrected chi connectivity index (χ1v) is 17.7. The quantitative estimate of drug-likeness (QED) is 0.111. The summed E-state index contributed by atoms with van der Waals surface area (Å²) in [6, 6.07) is 31.7. The molecule has 9 rings (SSSR count). The van der Waals surface area contributed by atoms with Gasteiger partial charge in [0.25, 0.3) is 0 Å². The van der Waals surface area contributed by atoms with Crippen molar-refractivity contribution < 1.29 is 22.0 Å². The van der Waals surface area contributed by atoms with Crippen LogP contribution in [0.2, 0.25) is 0 Å². The number of fused-ring (bicyclic) bond motifs is 5. The van der Waals surface area contributed by atoms with E-state index in [1.165, 1.54) is 6.07 Å². The Balaban J connectivity index is 1.25. The smallest absolute Gasteiger partial charge is 0.200 e. The predicted octanol–water partition coefficient (Wildman–Crippen LogP) is 11.7. The molecule has 1 aliphatic heterocycles. The van der Waals surface area contributed by atoms with E-state index in [-0.39, 0.29) is 11.1 Å². The molecular formula is C44H33F5N6. The van der Waals surface area contributed by atoms with Crippen molar-refractivity contribution in [2.24, 2.45) is 0 Å². The number of pyridine rings is 2. The number of para-hydroxylation sites is 2. The summed E-state index contributed by atoms with van der Waals surface area (Å²) in [5.74, 6) is -8.87. The van der Waals surface area contributed by atoms with Crippen molar-refractivity contribution in [3.63, 3.8) is 0 Å². The van der Waals surface area contributed by atoms with Gasteiger partial charge in [-0.3, -0.25) is 14.6 Å². The van der Waals surface area contributed by atoms with Crippen LogP contribution in [0.15, 0.2) is 103 Å². The van der Waals surface area contributed by atoms with Crippen LogP contribution in [-0.2, 0) is 10.8 Å². The van der Waals surface area contributed by atoms with Crippen LogP contribution in [0.25, 0.3) is 50.3 Å². The highest BCUT2D eigenvalue weighted by Gasteiger charge is 2.38. The molecule has 0 unspecified atom stereocenters. The summed E-state index contributed by atoms with van der Waals surface area (Å²) >= 11 is 0. The number of nitrogens with zero attached hydrogens (tertiary/aromatic N) is 5. The van der Waals surface area contributed by atoms with E-state index in [0.717, 1.165) is 55.7 Å². The van der Waals surface area contributed by atoms with Crippen molar-refractivity contribution in [1.82, 2.24) is 24.7 Å². The molecule has 4 aromatic carbocycles. The molecule has 0 saturated carbocycles. The Labute approximate surface area is 312 Å². The Morgan fingerprint density at radius 2 is 1.35 bits per heavy atom. The van der Waals surface area contributed by atoms with Gasteiger partial charge in [-0.1, -0.05) is 83.1 Å². The van der Waals surface area contributed by atoms with Gasteiger partial charge in [0.05, 0.1) is 39.4 Å². The molecule has 0 saturated heterocycles. The maximum atomic E-state index is 14.8. The third-order valence-corrected chi connectivity index (χ3v) is 10.7. The fourth-order valence-electron chi connectivity index (χ4n) is 7.74. The molecule has 274 valence electrons. The molecule has 1 aliphatic rings. The molecule has 8 aromatic rings. The van der Waals surface area contributed by atoms with E-state index in [4.69, 9.17) is 9.97 Å². The highest BCUT2D eigenvalue weighted by atomic mass is 19.2. The van der Waals surface area contributed by atoms with E-state index in [0.29, 0.717) is 11.5 Å². The molecule has 55 heavy (non-hydrogen) atoms. The highest BCUT2D eigenvalue weighted by molar-refractivity contribution is 6.10. The van der Waals surface area contributed by atoms with Crippen molar-refractivity contribution in [2.75, 3.05) is 4.90 Å². The van der Waals surface area contributed by atoms with Gasteiger partial charge in [-0.15, -0.1) is 0 Å². The van der Waals surface area contributed by atoms with Gasteiger partial charge in [0.1, 0.15) is 11.6 Å². The highest BCUT2D eigenvalue weighted by Crippen LogP contribution is 2.52. The molecule has 11 heteroatoms. The third kappa shape index (κ3) is 5.16. The van der Waals surface area contributed by atoms with E-state index in [9.17, 15) is 22.0 Å². The summed E-state index contributed by atoms with van der Waals surface area (Å²) in [5.41, 5.74) is 5.24. The van der Waals surface area contributed by atoms with Gasteiger partial charge in [-0.2, -0.15) is 5.10 Å². The van der Waals surface area contributed by atoms with Gasteiger partial charge in [0, 0.05) is 33.6 Å². The van der Waals surface area contributed by atoms with Gasteiger partial charge < -0.3 is 0 Å². The van der Waals surface area contributed by atoms with Gasteiger partial charge in [-0.25, -0.2) is 31.9 Å². The van der Waals surface area contributed by atoms with E-state index in [1.807, 2.05) is 48.7 Å². The fourth-order valence-corrected chi connectivity index (χ4v) is 7.74. The Bertz CT molecular complexity index is 2840. The second-order valence-corrected chi connectivity index (χ2v) is 15.4. The number of aromatic amines is 1. The van der Waals surface area contributed by atoms with Crippen LogP contribution in [-0.4, -0.2) is 24.7 Å². The second kappa shape index (κ2) is 12.1. The normalized spacial score (nSPS) is 13.7. The number of nitrogens with one attached hydrogen (secondary N) is 1. The van der Waals surface area contributed by atoms with Gasteiger partial charge in [0.15, 0.2) is 23.3 Å². The zero-order chi connectivity index (χ0) is 38.6. The number of rotatable bonds is 4. The van der Waals surface area contributed by atoms with Crippen LogP contribution in [0.1, 0.15) is 51.3 Å². The van der Waals surface area contributed by atoms with E-state index in [1.54, 1.807) is 6.07 Å². The number of aromatic nitrogens is 5. The number of H-pyrrole nitrogens is 1. The topological polar surface area (TPSA) is 62.6 Å². The van der Waals surface area contributed by atoms with Crippen LogP contribution in [0, 0.1) is 29.1 Å². The number of hydrogen-bond acceptors (Lipinski definition) is 4. The monoisotopic (exact) mass is 740 g/mol. The van der Waals surface area contributed by atoms with Crippen LogP contribution in [0.5, 0.6) is 0 Å². The van der Waals surface area contributed by atoms with Crippen LogP contribution < -0.4 is 4.90 Å². The molecule has 0 atom stereocenters. The van der Waals surface area contributed by atoms with E-state index >= 15 is 0 Å². The Morgan fingerprint density at radius 3 is 2.11 bits per heavy atom. The van der Waals surface area contributed by atoms with Gasteiger partial charge >= 0.3 is 0 Å². The molecule has 5 heterocycles. The Morgan fingerprint density at radius 1 is 0.655 bits per heavy atom. The average molecular weight is 741 g/mol. The maximum Gasteiger partial charge on any atom is 0.200 e. The molecular weight excluding hydrogens is 708 g/mol. The minimum absolute atomic E-state index is 0.0951. The number of anilines is 3. The van der Waals surface area contributed by atoms with E-state index < -0.39 is 45.8 Å². The predicted molar refractivity (Wildman–Crippen MR) is 205 cm³/mol. The molecule has 0 spiro atoms. The molecule has 0 amide bonds. The molecule has 0 aliphatic carbocycles. The standard InChI is InChI=1S/C44H33F5N6/c1-43(2,3)23-18-19-50-35(20-23)55-32-12-8-6-10-25(32)26-15-14-24(21-34(26)55)54-33-13-9-7-11-27(33)44(4,5)28-16-17-29(51-42(28)54)30-22-31(53-52-30)36-37(45)39(47)41(49)40(48)38(36)46/h6-22H,1-5H3,(H,52,53). The van der Waals surface area contributed by atoms with Crippen LogP contribution in [0.4, 0.5) is 39.1 Å². The Kier molecular flexibility index (Phi) is 7.55. The lowest BCUT2D eigenvalue weighted by Gasteiger charge is -2.41. The third-order valence-electron chi connectivity index (χ3n) is 10.7. The second-order valence-electron chi connectivity index (χ2n) is 15.4. The fraction of sp³-hybridized carbons (Fsp3) is 0.159. The summed E-state index contributed by atoms with van der Waals surface area (Å²) in [6.07, 6.45) is 1.84. The lowest BCUT2D eigenvalue weighted by molar-refractivity contribution is 0.381. The summed E-state index contributed by atoms with van der Waals surface area (Å²) < 4.78 is 73.8. The lowest BCUT2D eigenvalue weighted by Crippen LogP contribution is -2.31. The first-order valence-electron chi connectivity index (χ1n) is 17.7. The van der Waals surface area contributed by atoms with Gasteiger partial charge in [0.2, 0.25) is 5.82 Å². The average Bonchev–Trinajstić information content (AvgIpc) is 3.79. The minimum Gasteiger partial charge on any atom is -0.294 e. The van der Waals surface area contributed by atoms with Crippen molar-refractivity contribution in [2.45, 2.75) is 45.4 Å². The van der Waals surface area contributed by atoms with Crippen LogP contribution in [0.3, 0.4) is 0 Å². The van der Waals surface area contributed by atoms with Crippen LogP contribution >= 0.6 is 0 Å². The summed E-state index contributed by atoms with van der Waals surface area (Å²) in [6.45, 7) is 10.8. The molecule has 0 radical (unpaired) electrons. The zero-order valence-corrected chi connectivity index (χ0v) is 30.4. The molecule has 4 aromatic heterocycles. The number of hydrogen-bond donors (Lipinski definition) is 1. The van der Waals surface area contributed by atoms with Crippen molar-refractivity contribution in [3.05, 3.63) is 149 Å². The Hall–Kier alpha value is -6.36. The first-order chi connectivity index (χ1) is 26.3. The lowest BCUT2D eigenvalue weighted by atomic mass is 9.74.